The van der Waals surface area contributed by atoms with Crippen molar-refractivity contribution >= 4 is 11.6 Å². The number of benzene rings is 1. The summed E-state index contributed by atoms with van der Waals surface area (Å²) in [7, 11) is 0. The van der Waals surface area contributed by atoms with Gasteiger partial charge in [-0.1, -0.05) is 26.0 Å². The number of phenolic OH excluding ortho intramolecular Hbond substituents is 1. The molecule has 1 amide bonds. The van der Waals surface area contributed by atoms with Crippen LogP contribution in [0.2, 0.25) is 0 Å². The number of hydrogen-bond donors (Lipinski definition) is 1. The average Bonchev–Trinajstić information content (AvgIpc) is 3.38. The van der Waals surface area contributed by atoms with Crippen molar-refractivity contribution in [1.29, 1.82) is 0 Å². The van der Waals surface area contributed by atoms with Gasteiger partial charge in [0.15, 0.2) is 0 Å². The molecule has 0 spiro atoms. The highest BCUT2D eigenvalue weighted by Gasteiger charge is 2.32. The predicted octanol–water partition coefficient (Wildman–Crippen LogP) is 4.09. The first-order chi connectivity index (χ1) is 18.0. The molecule has 0 radical (unpaired) electrons. The Morgan fingerprint density at radius 1 is 1.16 bits per heavy atom. The van der Waals surface area contributed by atoms with Crippen molar-refractivity contribution in [2.75, 3.05) is 37.7 Å². The van der Waals surface area contributed by atoms with Gasteiger partial charge < -0.3 is 14.7 Å². The van der Waals surface area contributed by atoms with Gasteiger partial charge in [0.2, 0.25) is 5.91 Å². The summed E-state index contributed by atoms with van der Waals surface area (Å²) in [5.74, 6) is 0.339. The van der Waals surface area contributed by atoms with E-state index in [1.165, 1.54) is 0 Å². The van der Waals surface area contributed by atoms with Crippen LogP contribution in [0, 0.1) is 0 Å². The Bertz CT molecular complexity index is 1200. The number of rotatable bonds is 8. The lowest BCUT2D eigenvalue weighted by atomic mass is 9.81. The normalized spacial score (nSPS) is 18.1. The van der Waals surface area contributed by atoms with Gasteiger partial charge in [0.1, 0.15) is 5.75 Å². The first-order valence-electron chi connectivity index (χ1n) is 13.4. The van der Waals surface area contributed by atoms with Crippen LogP contribution in [-0.2, 0) is 29.0 Å². The number of anilines is 1. The Labute approximate surface area is 218 Å². The fraction of sp³-hybridized carbons (Fsp3) is 0.483. The average molecular weight is 504 g/mol. The molecule has 3 heterocycles. The first-order valence-corrected chi connectivity index (χ1v) is 13.4. The third kappa shape index (κ3) is 5.86. The van der Waals surface area contributed by atoms with E-state index in [2.05, 4.69) is 28.8 Å². The van der Waals surface area contributed by atoms with Crippen LogP contribution < -0.4 is 4.90 Å². The molecule has 1 aromatic carbocycles. The lowest BCUT2D eigenvalue weighted by molar-refractivity contribution is -0.120. The summed E-state index contributed by atoms with van der Waals surface area (Å²) in [6, 6.07) is 9.53. The molecule has 0 saturated carbocycles. The Morgan fingerprint density at radius 2 is 2.00 bits per heavy atom. The lowest BCUT2D eigenvalue weighted by Crippen LogP contribution is -2.38. The van der Waals surface area contributed by atoms with Gasteiger partial charge in [0, 0.05) is 37.1 Å². The minimum atomic E-state index is -0.294. The number of hydrogen-bond acceptors (Lipinski definition) is 6. The van der Waals surface area contributed by atoms with Crippen LogP contribution >= 0.6 is 0 Å². The summed E-state index contributed by atoms with van der Waals surface area (Å²) in [5.41, 5.74) is 4.60. The first kappa shape index (κ1) is 25.4. The van der Waals surface area contributed by atoms with Crippen molar-refractivity contribution in [1.82, 2.24) is 19.7 Å². The number of nitrogens with zero attached hydrogens (tertiary/aromatic N) is 5. The number of carbonyl (C=O) groups excluding carboxylic acids is 1. The van der Waals surface area contributed by atoms with E-state index in [0.29, 0.717) is 12.5 Å². The van der Waals surface area contributed by atoms with Gasteiger partial charge in [-0.15, -0.1) is 0 Å². The van der Waals surface area contributed by atoms with Crippen molar-refractivity contribution in [3.8, 4) is 5.75 Å². The molecule has 196 valence electrons. The van der Waals surface area contributed by atoms with Gasteiger partial charge in [0.05, 0.1) is 50.3 Å². The second kappa shape index (κ2) is 11.4. The SMILES string of the molecule is CC(C)c1ccc(N(Cc2cnn(CCN3CCOCC3)c2)C(=O)C2CCCc3c(O)cccc32)cn1. The van der Waals surface area contributed by atoms with Crippen molar-refractivity contribution in [2.24, 2.45) is 0 Å². The maximum Gasteiger partial charge on any atom is 0.234 e. The van der Waals surface area contributed by atoms with Crippen LogP contribution in [0.1, 0.15) is 60.9 Å². The van der Waals surface area contributed by atoms with Crippen LogP contribution in [0.3, 0.4) is 0 Å². The zero-order valence-electron chi connectivity index (χ0n) is 21.8. The molecule has 8 nitrogen and oxygen atoms in total. The van der Waals surface area contributed by atoms with Crippen LogP contribution in [0.4, 0.5) is 5.69 Å². The van der Waals surface area contributed by atoms with Crippen molar-refractivity contribution in [3.63, 3.8) is 0 Å². The van der Waals surface area contributed by atoms with Crippen LogP contribution in [-0.4, -0.2) is 63.5 Å². The third-order valence-electron chi connectivity index (χ3n) is 7.50. The van der Waals surface area contributed by atoms with E-state index in [9.17, 15) is 9.90 Å². The number of ether oxygens (including phenoxy) is 1. The fourth-order valence-electron chi connectivity index (χ4n) is 5.33. The maximum absolute atomic E-state index is 14.1. The Hall–Kier alpha value is -3.23. The topological polar surface area (TPSA) is 83.7 Å². The number of morpholine rings is 1. The maximum atomic E-state index is 14.1. The van der Waals surface area contributed by atoms with Crippen molar-refractivity contribution < 1.29 is 14.6 Å². The lowest BCUT2D eigenvalue weighted by Gasteiger charge is -2.31. The molecule has 2 aliphatic rings. The molecule has 1 aliphatic heterocycles. The van der Waals surface area contributed by atoms with E-state index in [4.69, 9.17) is 4.74 Å². The number of amides is 1. The molecule has 1 N–H and O–H groups in total. The molecule has 8 heteroatoms. The number of fused-ring (bicyclic) bond motifs is 1. The molecule has 1 unspecified atom stereocenters. The zero-order valence-corrected chi connectivity index (χ0v) is 21.8. The van der Waals surface area contributed by atoms with Gasteiger partial charge in [-0.25, -0.2) is 0 Å². The minimum Gasteiger partial charge on any atom is -0.508 e. The molecule has 0 bridgehead atoms. The minimum absolute atomic E-state index is 0.0340. The Kier molecular flexibility index (Phi) is 7.86. The highest BCUT2D eigenvalue weighted by atomic mass is 16.5. The van der Waals surface area contributed by atoms with E-state index >= 15 is 0 Å². The molecule has 3 aromatic rings. The highest BCUT2D eigenvalue weighted by Crippen LogP contribution is 2.38. The zero-order chi connectivity index (χ0) is 25.8. The third-order valence-corrected chi connectivity index (χ3v) is 7.50. The molecule has 2 aromatic heterocycles. The van der Waals surface area contributed by atoms with Gasteiger partial charge >= 0.3 is 0 Å². The summed E-state index contributed by atoms with van der Waals surface area (Å²) < 4.78 is 7.40. The van der Waals surface area contributed by atoms with E-state index in [1.54, 1.807) is 6.07 Å². The van der Waals surface area contributed by atoms with Gasteiger partial charge in [-0.2, -0.15) is 5.10 Å². The van der Waals surface area contributed by atoms with Gasteiger partial charge in [-0.3, -0.25) is 19.4 Å². The summed E-state index contributed by atoms with van der Waals surface area (Å²) in [5, 5.41) is 15.0. The van der Waals surface area contributed by atoms with Crippen LogP contribution in [0.25, 0.3) is 0 Å². The second-order valence-electron chi connectivity index (χ2n) is 10.4. The summed E-state index contributed by atoms with van der Waals surface area (Å²) in [6.45, 7) is 9.85. The van der Waals surface area contributed by atoms with Crippen molar-refractivity contribution in [3.05, 3.63) is 71.3 Å². The number of phenols is 1. The number of aromatic hydroxyl groups is 1. The summed E-state index contributed by atoms with van der Waals surface area (Å²) >= 11 is 0. The van der Waals surface area contributed by atoms with E-state index in [-0.39, 0.29) is 17.6 Å². The predicted molar refractivity (Wildman–Crippen MR) is 143 cm³/mol. The highest BCUT2D eigenvalue weighted by molar-refractivity contribution is 5.98. The molecule has 37 heavy (non-hydrogen) atoms. The molecular weight excluding hydrogens is 466 g/mol. The Morgan fingerprint density at radius 3 is 2.76 bits per heavy atom. The van der Waals surface area contributed by atoms with Crippen LogP contribution in [0.15, 0.2) is 48.9 Å². The largest absolute Gasteiger partial charge is 0.508 e. The molecule has 1 fully saturated rings. The molecule has 1 atom stereocenters. The number of aromatic nitrogens is 3. The van der Waals surface area contributed by atoms with Gasteiger partial charge in [0.25, 0.3) is 0 Å². The molecule has 5 rings (SSSR count). The van der Waals surface area contributed by atoms with Crippen LogP contribution in [0.5, 0.6) is 5.75 Å². The second-order valence-corrected chi connectivity index (χ2v) is 10.4. The van der Waals surface area contributed by atoms with Crippen molar-refractivity contribution in [2.45, 2.75) is 58.0 Å². The van der Waals surface area contributed by atoms with E-state index in [1.807, 2.05) is 52.4 Å². The van der Waals surface area contributed by atoms with Gasteiger partial charge in [-0.05, 0) is 54.5 Å². The number of carbonyl (C=O) groups is 1. The molecular formula is C29H37N5O3. The smallest absolute Gasteiger partial charge is 0.234 e. The molecule has 1 aliphatic carbocycles. The fourth-order valence-corrected chi connectivity index (χ4v) is 5.33. The summed E-state index contributed by atoms with van der Waals surface area (Å²) in [6.07, 6.45) is 8.14. The quantitative estimate of drug-likeness (QED) is 0.499. The summed E-state index contributed by atoms with van der Waals surface area (Å²) in [4.78, 5) is 23.0. The molecule has 1 saturated heterocycles. The monoisotopic (exact) mass is 503 g/mol. The van der Waals surface area contributed by atoms with E-state index < -0.39 is 0 Å². The standard InChI is InChI=1S/C29H37N5O3/c1-21(2)27-10-9-23(18-30-27)34(29(36)26-7-3-6-25-24(26)5-4-8-28(25)35)20-22-17-31-33(19-22)12-11-32-13-15-37-16-14-32/h4-5,8-10,17-19,21,26,35H,3,6-7,11-16,20H2,1-2H3. The van der Waals surface area contributed by atoms with E-state index in [0.717, 1.165) is 86.7 Å². The number of pyridine rings is 1. The Balaban J connectivity index is 1.38.